The molecule has 0 saturated heterocycles. The van der Waals surface area contributed by atoms with Crippen LogP contribution >= 0.6 is 0 Å². The maximum absolute atomic E-state index is 3.21. The molecule has 0 amide bonds. The van der Waals surface area contributed by atoms with Crippen LogP contribution in [0.15, 0.2) is 30.3 Å². The van der Waals surface area contributed by atoms with E-state index in [1.807, 2.05) is 13.1 Å². The molecule has 0 fully saturated rings. The van der Waals surface area contributed by atoms with Crippen molar-refractivity contribution in [2.75, 3.05) is 7.05 Å². The fourth-order valence-corrected chi connectivity index (χ4v) is 1.07. The van der Waals surface area contributed by atoms with Crippen LogP contribution in [-0.2, 0) is 6.42 Å². The summed E-state index contributed by atoms with van der Waals surface area (Å²) in [5.41, 5.74) is 1.40. The van der Waals surface area contributed by atoms with Gasteiger partial charge in [-0.25, -0.2) is 0 Å². The van der Waals surface area contributed by atoms with Crippen LogP contribution in [0, 0.1) is 0 Å². The third-order valence-electron chi connectivity index (χ3n) is 1.88. The topological polar surface area (TPSA) is 12.0 Å². The molecule has 1 rings (SSSR count). The summed E-state index contributed by atoms with van der Waals surface area (Å²) >= 11 is 0. The molecule has 0 aromatic heterocycles. The predicted molar refractivity (Wildman–Crippen MR) is 55.4 cm³/mol. The van der Waals surface area contributed by atoms with Gasteiger partial charge in [-0.1, -0.05) is 37.8 Å². The van der Waals surface area contributed by atoms with Crippen LogP contribution in [0.1, 0.15) is 19.9 Å². The zero-order chi connectivity index (χ0) is 8.10. The summed E-state index contributed by atoms with van der Waals surface area (Å²) in [4.78, 5) is 0. The lowest BCUT2D eigenvalue weighted by Gasteiger charge is -2.08. The van der Waals surface area contributed by atoms with Crippen LogP contribution in [0.4, 0.5) is 0 Å². The molecule has 1 atom stereocenters. The highest BCUT2D eigenvalue weighted by Crippen LogP contribution is 2.01. The van der Waals surface area contributed by atoms with Gasteiger partial charge in [0, 0.05) is 6.04 Å². The summed E-state index contributed by atoms with van der Waals surface area (Å²) in [6, 6.07) is 11.1. The lowest BCUT2D eigenvalue weighted by atomic mass is 10.1. The minimum Gasteiger partial charge on any atom is -0.317 e. The Morgan fingerprint density at radius 1 is 1.25 bits per heavy atom. The van der Waals surface area contributed by atoms with Gasteiger partial charge >= 0.3 is 0 Å². The van der Waals surface area contributed by atoms with Gasteiger partial charge in [0.15, 0.2) is 0 Å². The molecule has 1 aromatic carbocycles. The van der Waals surface area contributed by atoms with Crippen molar-refractivity contribution in [1.82, 2.24) is 5.32 Å². The highest BCUT2D eigenvalue weighted by molar-refractivity contribution is 5.15. The molecule has 0 aliphatic heterocycles. The fourth-order valence-electron chi connectivity index (χ4n) is 1.07. The van der Waals surface area contributed by atoms with E-state index in [1.54, 1.807) is 0 Å². The maximum atomic E-state index is 3.21. The molecule has 0 aliphatic carbocycles. The molecule has 1 nitrogen and oxygen atoms in total. The van der Waals surface area contributed by atoms with Crippen LogP contribution in [0.5, 0.6) is 0 Å². The average Bonchev–Trinajstić information content (AvgIpc) is 2.06. The molecule has 12 heavy (non-hydrogen) atoms. The third-order valence-corrected chi connectivity index (χ3v) is 1.88. The van der Waals surface area contributed by atoms with Crippen molar-refractivity contribution in [3.05, 3.63) is 35.9 Å². The summed E-state index contributed by atoms with van der Waals surface area (Å²) in [6.45, 7) is 2.19. The lowest BCUT2D eigenvalue weighted by molar-refractivity contribution is 0.608. The van der Waals surface area contributed by atoms with Gasteiger partial charge in [-0.2, -0.15) is 0 Å². The minimum absolute atomic E-state index is 0. The largest absolute Gasteiger partial charge is 0.317 e. The molecule has 68 valence electrons. The quantitative estimate of drug-likeness (QED) is 0.725. The molecular weight excluding hydrogens is 146 g/mol. The Hall–Kier alpha value is -0.820. The zero-order valence-corrected chi connectivity index (χ0v) is 7.17. The Morgan fingerprint density at radius 2 is 1.83 bits per heavy atom. The second-order valence-electron chi connectivity index (χ2n) is 2.88. The first-order chi connectivity index (χ1) is 5.33. The molecule has 0 heterocycles. The molecule has 1 N–H and O–H groups in total. The third kappa shape index (κ3) is 3.54. The maximum Gasteiger partial charge on any atom is 0.00761 e. The Labute approximate surface area is 75.8 Å². The van der Waals surface area contributed by atoms with Crippen molar-refractivity contribution < 1.29 is 0 Å². The number of benzene rings is 1. The van der Waals surface area contributed by atoms with E-state index in [1.165, 1.54) is 5.56 Å². The van der Waals surface area contributed by atoms with E-state index in [4.69, 9.17) is 0 Å². The molecule has 0 spiro atoms. The Morgan fingerprint density at radius 3 is 2.33 bits per heavy atom. The summed E-state index contributed by atoms with van der Waals surface area (Å²) in [5, 5.41) is 3.21. The number of nitrogens with one attached hydrogen (secondary N) is 1. The fraction of sp³-hybridized carbons (Fsp3) is 0.455. The summed E-state index contributed by atoms with van der Waals surface area (Å²) < 4.78 is 0. The summed E-state index contributed by atoms with van der Waals surface area (Å²) in [5.74, 6) is 0. The molecule has 0 radical (unpaired) electrons. The Kier molecular flexibility index (Phi) is 5.39. The van der Waals surface area contributed by atoms with Crippen LogP contribution in [-0.4, -0.2) is 13.1 Å². The van der Waals surface area contributed by atoms with E-state index >= 15 is 0 Å². The number of likely N-dealkylation sites (N-methyl/N-ethyl adjacent to an activating group) is 1. The molecule has 1 heteroatoms. The van der Waals surface area contributed by atoms with E-state index in [9.17, 15) is 0 Å². The van der Waals surface area contributed by atoms with Crippen molar-refractivity contribution >= 4 is 0 Å². The van der Waals surface area contributed by atoms with Gasteiger partial charge in [0.25, 0.3) is 0 Å². The second-order valence-corrected chi connectivity index (χ2v) is 2.88. The van der Waals surface area contributed by atoms with Crippen molar-refractivity contribution in [2.45, 2.75) is 26.8 Å². The van der Waals surface area contributed by atoms with E-state index in [0.29, 0.717) is 6.04 Å². The van der Waals surface area contributed by atoms with Crippen LogP contribution in [0.3, 0.4) is 0 Å². The first-order valence-corrected chi connectivity index (χ1v) is 4.04. The smallest absolute Gasteiger partial charge is 0.00761 e. The van der Waals surface area contributed by atoms with E-state index in [2.05, 4.69) is 36.5 Å². The first kappa shape index (κ1) is 11.2. The van der Waals surface area contributed by atoms with E-state index in [0.717, 1.165) is 6.42 Å². The van der Waals surface area contributed by atoms with Gasteiger partial charge in [-0.15, -0.1) is 0 Å². The first-order valence-electron chi connectivity index (χ1n) is 4.04. The Bertz CT molecular complexity index is 193. The molecule has 1 unspecified atom stereocenters. The molecule has 0 aliphatic rings. The van der Waals surface area contributed by atoms with Gasteiger partial charge < -0.3 is 5.32 Å². The lowest BCUT2D eigenvalue weighted by Crippen LogP contribution is -2.23. The van der Waals surface area contributed by atoms with Crippen LogP contribution in [0.25, 0.3) is 0 Å². The highest BCUT2D eigenvalue weighted by Gasteiger charge is 1.97. The van der Waals surface area contributed by atoms with Crippen LogP contribution in [0.2, 0.25) is 0 Å². The van der Waals surface area contributed by atoms with Crippen molar-refractivity contribution in [3.63, 3.8) is 0 Å². The van der Waals surface area contributed by atoms with Gasteiger partial charge in [0.05, 0.1) is 0 Å². The second kappa shape index (κ2) is 5.78. The van der Waals surface area contributed by atoms with Gasteiger partial charge in [-0.05, 0) is 26.0 Å². The highest BCUT2D eigenvalue weighted by atomic mass is 14.8. The van der Waals surface area contributed by atoms with E-state index in [-0.39, 0.29) is 7.43 Å². The summed E-state index contributed by atoms with van der Waals surface area (Å²) in [6.07, 6.45) is 1.11. The molecule has 1 aromatic rings. The number of rotatable bonds is 3. The van der Waals surface area contributed by atoms with Crippen molar-refractivity contribution in [1.29, 1.82) is 0 Å². The number of hydrogen-bond donors (Lipinski definition) is 1. The SMILES string of the molecule is C.CNC(C)Cc1ccccc1. The normalized spacial score (nSPS) is 11.8. The zero-order valence-electron chi connectivity index (χ0n) is 7.17. The van der Waals surface area contributed by atoms with E-state index < -0.39 is 0 Å². The minimum atomic E-state index is 0. The standard InChI is InChI=1S/C10H15N.CH4/c1-9(11-2)8-10-6-4-3-5-7-10;/h3-7,9,11H,8H2,1-2H3;1H4. The van der Waals surface area contributed by atoms with Crippen molar-refractivity contribution in [3.8, 4) is 0 Å². The number of hydrogen-bond acceptors (Lipinski definition) is 1. The van der Waals surface area contributed by atoms with Crippen LogP contribution < -0.4 is 5.32 Å². The Balaban J connectivity index is 0.00000121. The predicted octanol–water partition coefficient (Wildman–Crippen LogP) is 2.47. The monoisotopic (exact) mass is 165 g/mol. The van der Waals surface area contributed by atoms with Gasteiger partial charge in [0.1, 0.15) is 0 Å². The summed E-state index contributed by atoms with van der Waals surface area (Å²) in [7, 11) is 1.99. The average molecular weight is 165 g/mol. The van der Waals surface area contributed by atoms with Crippen molar-refractivity contribution in [2.24, 2.45) is 0 Å². The molecule has 0 saturated carbocycles. The van der Waals surface area contributed by atoms with Gasteiger partial charge in [-0.3, -0.25) is 0 Å². The van der Waals surface area contributed by atoms with Gasteiger partial charge in [0.2, 0.25) is 0 Å². The molecule has 0 bridgehead atoms. The molecular formula is C11H19N.